The standard InChI is InChI=1S/C14H19N3O3/c1-4-13(18)15-9-5-10(6-9)16-14(19)12-7-11(8(2)3)17-20-12/h4,7-10H,1,5-6H2,2-3H3,(H,15,18)(H,16,19). The van der Waals surface area contributed by atoms with Crippen LogP contribution in [-0.4, -0.2) is 29.1 Å². The van der Waals surface area contributed by atoms with Gasteiger partial charge in [0.15, 0.2) is 0 Å². The van der Waals surface area contributed by atoms with Crippen LogP contribution in [0, 0.1) is 0 Å². The minimum absolute atomic E-state index is 0.0604. The van der Waals surface area contributed by atoms with Gasteiger partial charge in [-0.1, -0.05) is 25.6 Å². The first-order valence-corrected chi connectivity index (χ1v) is 6.70. The second-order valence-corrected chi connectivity index (χ2v) is 5.32. The molecule has 1 fully saturated rings. The number of carbonyl (C=O) groups is 2. The van der Waals surface area contributed by atoms with Crippen LogP contribution in [0.15, 0.2) is 23.2 Å². The number of rotatable bonds is 5. The summed E-state index contributed by atoms with van der Waals surface area (Å²) < 4.78 is 5.02. The van der Waals surface area contributed by atoms with E-state index < -0.39 is 0 Å². The lowest BCUT2D eigenvalue weighted by Gasteiger charge is -2.35. The summed E-state index contributed by atoms with van der Waals surface area (Å²) in [7, 11) is 0. The molecular formula is C14H19N3O3. The Labute approximate surface area is 117 Å². The number of hydrogen-bond donors (Lipinski definition) is 2. The highest BCUT2D eigenvalue weighted by Crippen LogP contribution is 2.21. The normalized spacial score (nSPS) is 21.1. The molecule has 2 N–H and O–H groups in total. The molecule has 2 rings (SSSR count). The first-order valence-electron chi connectivity index (χ1n) is 6.70. The number of nitrogens with zero attached hydrogens (tertiary/aromatic N) is 1. The van der Waals surface area contributed by atoms with E-state index in [2.05, 4.69) is 22.4 Å². The van der Waals surface area contributed by atoms with Crippen LogP contribution in [0.1, 0.15) is 48.9 Å². The Kier molecular flexibility index (Phi) is 4.22. The van der Waals surface area contributed by atoms with Crippen LogP contribution in [0.25, 0.3) is 0 Å². The molecule has 0 saturated heterocycles. The van der Waals surface area contributed by atoms with Crippen molar-refractivity contribution in [3.8, 4) is 0 Å². The van der Waals surface area contributed by atoms with Crippen LogP contribution in [0.3, 0.4) is 0 Å². The van der Waals surface area contributed by atoms with Crippen molar-refractivity contribution in [1.82, 2.24) is 15.8 Å². The van der Waals surface area contributed by atoms with Crippen LogP contribution in [0.2, 0.25) is 0 Å². The number of hydrogen-bond acceptors (Lipinski definition) is 4. The summed E-state index contributed by atoms with van der Waals surface area (Å²) in [6.45, 7) is 7.36. The summed E-state index contributed by atoms with van der Waals surface area (Å²) in [4.78, 5) is 23.0. The van der Waals surface area contributed by atoms with Crippen LogP contribution >= 0.6 is 0 Å². The number of nitrogens with one attached hydrogen (secondary N) is 2. The molecule has 6 nitrogen and oxygen atoms in total. The van der Waals surface area contributed by atoms with E-state index in [-0.39, 0.29) is 35.6 Å². The third-order valence-electron chi connectivity index (χ3n) is 3.35. The van der Waals surface area contributed by atoms with E-state index in [0.717, 1.165) is 18.5 Å². The zero-order valence-electron chi connectivity index (χ0n) is 11.7. The van der Waals surface area contributed by atoms with Gasteiger partial charge in [-0.3, -0.25) is 9.59 Å². The van der Waals surface area contributed by atoms with Crippen LogP contribution < -0.4 is 10.6 Å². The lowest BCUT2D eigenvalue weighted by molar-refractivity contribution is -0.117. The van der Waals surface area contributed by atoms with Crippen LogP contribution in [0.5, 0.6) is 0 Å². The maximum atomic E-state index is 11.9. The van der Waals surface area contributed by atoms with Gasteiger partial charge in [0, 0.05) is 18.2 Å². The number of amides is 2. The first-order chi connectivity index (χ1) is 9.49. The summed E-state index contributed by atoms with van der Waals surface area (Å²) in [6, 6.07) is 1.83. The molecule has 0 aromatic carbocycles. The maximum Gasteiger partial charge on any atom is 0.290 e. The molecule has 1 aliphatic rings. The fourth-order valence-corrected chi connectivity index (χ4v) is 2.04. The van der Waals surface area contributed by atoms with E-state index in [0.29, 0.717) is 0 Å². The van der Waals surface area contributed by atoms with Crippen LogP contribution in [0.4, 0.5) is 0 Å². The Morgan fingerprint density at radius 3 is 2.60 bits per heavy atom. The monoisotopic (exact) mass is 277 g/mol. The van der Waals surface area contributed by atoms with Gasteiger partial charge in [0.05, 0.1) is 5.69 Å². The zero-order chi connectivity index (χ0) is 14.7. The summed E-state index contributed by atoms with van der Waals surface area (Å²) >= 11 is 0. The fraction of sp³-hybridized carbons (Fsp3) is 0.500. The van der Waals surface area contributed by atoms with E-state index in [1.807, 2.05) is 13.8 Å². The number of carbonyl (C=O) groups excluding carboxylic acids is 2. The van der Waals surface area contributed by atoms with Crippen LogP contribution in [-0.2, 0) is 4.79 Å². The van der Waals surface area contributed by atoms with E-state index in [1.54, 1.807) is 6.07 Å². The van der Waals surface area contributed by atoms with Gasteiger partial charge >= 0.3 is 0 Å². The van der Waals surface area contributed by atoms with Crippen molar-refractivity contribution < 1.29 is 14.1 Å². The molecule has 0 atom stereocenters. The maximum absolute atomic E-state index is 11.9. The van der Waals surface area contributed by atoms with Gasteiger partial charge in [0.2, 0.25) is 11.7 Å². The molecule has 0 unspecified atom stereocenters. The van der Waals surface area contributed by atoms with Crippen molar-refractivity contribution in [3.05, 3.63) is 30.2 Å². The summed E-state index contributed by atoms with van der Waals surface area (Å²) in [5.74, 6) is 0.00857. The van der Waals surface area contributed by atoms with E-state index in [4.69, 9.17) is 4.52 Å². The van der Waals surface area contributed by atoms with Gasteiger partial charge in [0.25, 0.3) is 5.91 Å². The molecule has 0 spiro atoms. The summed E-state index contributed by atoms with van der Waals surface area (Å²) in [5.41, 5.74) is 0.764. The van der Waals surface area contributed by atoms with Gasteiger partial charge in [-0.2, -0.15) is 0 Å². The van der Waals surface area contributed by atoms with Crippen molar-refractivity contribution in [3.63, 3.8) is 0 Å². The lowest BCUT2D eigenvalue weighted by atomic mass is 9.86. The minimum atomic E-state index is -0.261. The highest BCUT2D eigenvalue weighted by Gasteiger charge is 2.31. The molecule has 2 amide bonds. The Morgan fingerprint density at radius 2 is 2.05 bits per heavy atom. The van der Waals surface area contributed by atoms with Crippen molar-refractivity contribution in [2.45, 2.75) is 44.7 Å². The molecule has 1 aliphatic carbocycles. The predicted molar refractivity (Wildman–Crippen MR) is 73.2 cm³/mol. The van der Waals surface area contributed by atoms with Crippen molar-refractivity contribution in [2.24, 2.45) is 0 Å². The first kappa shape index (κ1) is 14.3. The molecule has 0 radical (unpaired) electrons. The number of aromatic nitrogens is 1. The average molecular weight is 277 g/mol. The molecule has 1 saturated carbocycles. The van der Waals surface area contributed by atoms with Gasteiger partial charge in [-0.25, -0.2) is 0 Å². The van der Waals surface area contributed by atoms with Crippen molar-refractivity contribution in [1.29, 1.82) is 0 Å². The Morgan fingerprint density at radius 1 is 1.40 bits per heavy atom. The second-order valence-electron chi connectivity index (χ2n) is 5.32. The molecule has 108 valence electrons. The Bertz CT molecular complexity index is 515. The largest absolute Gasteiger partial charge is 0.351 e. The third-order valence-corrected chi connectivity index (χ3v) is 3.35. The van der Waals surface area contributed by atoms with Crippen molar-refractivity contribution >= 4 is 11.8 Å². The molecule has 1 heterocycles. The smallest absolute Gasteiger partial charge is 0.290 e. The van der Waals surface area contributed by atoms with E-state index in [9.17, 15) is 9.59 Å². The fourth-order valence-electron chi connectivity index (χ4n) is 2.04. The SMILES string of the molecule is C=CC(=O)NC1CC(NC(=O)c2cc(C(C)C)no2)C1. The third kappa shape index (κ3) is 3.26. The van der Waals surface area contributed by atoms with E-state index in [1.165, 1.54) is 6.08 Å². The second kappa shape index (κ2) is 5.90. The molecule has 1 aromatic rings. The van der Waals surface area contributed by atoms with E-state index >= 15 is 0 Å². The Hall–Kier alpha value is -2.11. The molecule has 1 aromatic heterocycles. The lowest BCUT2D eigenvalue weighted by Crippen LogP contribution is -2.53. The molecular weight excluding hydrogens is 258 g/mol. The minimum Gasteiger partial charge on any atom is -0.351 e. The predicted octanol–water partition coefficient (Wildman–Crippen LogP) is 1.36. The highest BCUT2D eigenvalue weighted by atomic mass is 16.5. The summed E-state index contributed by atoms with van der Waals surface area (Å²) in [6.07, 6.45) is 2.68. The zero-order valence-corrected chi connectivity index (χ0v) is 11.7. The van der Waals surface area contributed by atoms with Gasteiger partial charge < -0.3 is 15.2 Å². The molecule has 0 aliphatic heterocycles. The molecule has 0 bridgehead atoms. The Balaban J connectivity index is 1.79. The summed E-state index contributed by atoms with van der Waals surface area (Å²) in [5, 5.41) is 9.49. The quantitative estimate of drug-likeness (QED) is 0.796. The highest BCUT2D eigenvalue weighted by molar-refractivity contribution is 5.91. The topological polar surface area (TPSA) is 84.2 Å². The average Bonchev–Trinajstić information content (AvgIpc) is 2.85. The molecule has 20 heavy (non-hydrogen) atoms. The van der Waals surface area contributed by atoms with Gasteiger partial charge in [-0.05, 0) is 24.8 Å². The van der Waals surface area contributed by atoms with Gasteiger partial charge in [0.1, 0.15) is 0 Å². The van der Waals surface area contributed by atoms with Crippen molar-refractivity contribution in [2.75, 3.05) is 0 Å². The van der Waals surface area contributed by atoms with Gasteiger partial charge in [-0.15, -0.1) is 0 Å². The molecule has 6 heteroatoms.